The Labute approximate surface area is 210 Å². The molecule has 4 aromatic rings. The van der Waals surface area contributed by atoms with Gasteiger partial charge in [0.05, 0.1) is 4.90 Å². The highest BCUT2D eigenvalue weighted by molar-refractivity contribution is 7.89. The van der Waals surface area contributed by atoms with Crippen molar-refractivity contribution >= 4 is 38.9 Å². The fourth-order valence-corrected chi connectivity index (χ4v) is 4.16. The van der Waals surface area contributed by atoms with Crippen LogP contribution >= 0.6 is 0 Å². The number of Topliss-reactive ketones (excluding diaryl/α,β-unsaturated/α-hetero) is 1. The van der Waals surface area contributed by atoms with Crippen molar-refractivity contribution in [2.24, 2.45) is 5.14 Å². The number of rotatable bonds is 9. The van der Waals surface area contributed by atoms with Crippen LogP contribution in [0.2, 0.25) is 0 Å². The van der Waals surface area contributed by atoms with E-state index in [1.54, 1.807) is 24.4 Å². The number of primary sulfonamides is 1. The summed E-state index contributed by atoms with van der Waals surface area (Å²) >= 11 is 0. The molecule has 1 aromatic heterocycles. The Morgan fingerprint density at radius 1 is 0.889 bits per heavy atom. The Hall–Kier alpha value is -4.08. The molecule has 0 saturated carbocycles. The number of aryl methyl sites for hydroxylation is 1. The number of aromatic nitrogens is 2. The Morgan fingerprint density at radius 3 is 2.06 bits per heavy atom. The number of nitrogens with two attached hydrogens (primary N) is 1. The van der Waals surface area contributed by atoms with Crippen molar-refractivity contribution in [1.29, 1.82) is 0 Å². The van der Waals surface area contributed by atoms with Gasteiger partial charge >= 0.3 is 0 Å². The lowest BCUT2D eigenvalue weighted by Gasteiger charge is -2.19. The zero-order valence-electron chi connectivity index (χ0n) is 20.0. The summed E-state index contributed by atoms with van der Waals surface area (Å²) < 4.78 is 22.9. The van der Waals surface area contributed by atoms with Gasteiger partial charge in [0, 0.05) is 37.5 Å². The third-order valence-corrected chi connectivity index (χ3v) is 6.60. The van der Waals surface area contributed by atoms with Crippen molar-refractivity contribution in [3.05, 3.63) is 102 Å². The van der Waals surface area contributed by atoms with E-state index in [4.69, 9.17) is 5.14 Å². The SMILES string of the molecule is Cc1ccc(CC(=O)Cc2ccc(N(C)c3ccnc(Nc4ccc(S(N)(=O)=O)cc4)n3)cc2)cc1. The third kappa shape index (κ3) is 6.53. The van der Waals surface area contributed by atoms with E-state index in [9.17, 15) is 13.2 Å². The number of nitrogens with zero attached hydrogens (tertiary/aromatic N) is 3. The third-order valence-electron chi connectivity index (χ3n) is 5.67. The molecule has 0 aliphatic carbocycles. The van der Waals surface area contributed by atoms with Crippen molar-refractivity contribution in [1.82, 2.24) is 9.97 Å². The second-order valence-corrected chi connectivity index (χ2v) is 10.1. The van der Waals surface area contributed by atoms with Crippen LogP contribution in [-0.4, -0.2) is 31.2 Å². The van der Waals surface area contributed by atoms with E-state index < -0.39 is 10.0 Å². The van der Waals surface area contributed by atoms with Gasteiger partial charge in [-0.25, -0.2) is 18.5 Å². The van der Waals surface area contributed by atoms with Gasteiger partial charge in [0.1, 0.15) is 11.6 Å². The van der Waals surface area contributed by atoms with Gasteiger partial charge in [0.25, 0.3) is 0 Å². The van der Waals surface area contributed by atoms with Gasteiger partial charge in [-0.05, 0) is 60.5 Å². The topological polar surface area (TPSA) is 118 Å². The molecule has 0 amide bonds. The lowest BCUT2D eigenvalue weighted by Crippen LogP contribution is -2.13. The van der Waals surface area contributed by atoms with Gasteiger partial charge in [-0.1, -0.05) is 42.0 Å². The Bertz CT molecular complexity index is 1450. The van der Waals surface area contributed by atoms with Gasteiger partial charge < -0.3 is 10.2 Å². The number of nitrogens with one attached hydrogen (secondary N) is 1. The molecule has 3 aromatic carbocycles. The molecule has 0 saturated heterocycles. The predicted octanol–water partition coefficient (Wildman–Crippen LogP) is 4.30. The predicted molar refractivity (Wildman–Crippen MR) is 141 cm³/mol. The Balaban J connectivity index is 1.39. The molecule has 0 bridgehead atoms. The van der Waals surface area contributed by atoms with Crippen LogP contribution in [-0.2, 0) is 27.7 Å². The summed E-state index contributed by atoms with van der Waals surface area (Å²) in [6, 6.07) is 23.7. The summed E-state index contributed by atoms with van der Waals surface area (Å²) in [6.07, 6.45) is 2.44. The number of carbonyl (C=O) groups is 1. The van der Waals surface area contributed by atoms with Gasteiger partial charge in [-0.15, -0.1) is 0 Å². The molecule has 3 N–H and O–H groups in total. The average Bonchev–Trinajstić information content (AvgIpc) is 2.85. The van der Waals surface area contributed by atoms with E-state index in [0.29, 0.717) is 30.3 Å². The highest BCUT2D eigenvalue weighted by atomic mass is 32.2. The second-order valence-electron chi connectivity index (χ2n) is 8.54. The monoisotopic (exact) mass is 501 g/mol. The molecule has 9 heteroatoms. The first-order valence-electron chi connectivity index (χ1n) is 11.3. The van der Waals surface area contributed by atoms with Crippen LogP contribution < -0.4 is 15.4 Å². The fraction of sp³-hybridized carbons (Fsp3) is 0.148. The molecule has 0 unspecified atom stereocenters. The van der Waals surface area contributed by atoms with E-state index in [0.717, 1.165) is 16.8 Å². The molecule has 4 rings (SSSR count). The van der Waals surface area contributed by atoms with Crippen molar-refractivity contribution in [2.75, 3.05) is 17.3 Å². The highest BCUT2D eigenvalue weighted by Crippen LogP contribution is 2.24. The zero-order chi connectivity index (χ0) is 25.7. The number of hydrogen-bond acceptors (Lipinski definition) is 7. The Kier molecular flexibility index (Phi) is 7.42. The van der Waals surface area contributed by atoms with Crippen LogP contribution in [0.15, 0.2) is 90.0 Å². The molecule has 0 aliphatic rings. The molecule has 1 heterocycles. The van der Waals surface area contributed by atoms with Gasteiger partial charge in [-0.2, -0.15) is 4.98 Å². The first-order chi connectivity index (χ1) is 17.2. The fourth-order valence-electron chi connectivity index (χ4n) is 3.65. The molecule has 0 spiro atoms. The number of ketones is 1. The maximum atomic E-state index is 12.5. The van der Waals surface area contributed by atoms with Crippen LogP contribution in [0.3, 0.4) is 0 Å². The summed E-state index contributed by atoms with van der Waals surface area (Å²) in [5.41, 5.74) is 4.69. The minimum atomic E-state index is -3.75. The molecule has 36 heavy (non-hydrogen) atoms. The molecule has 184 valence electrons. The van der Waals surface area contributed by atoms with E-state index in [1.807, 2.05) is 67.4 Å². The van der Waals surface area contributed by atoms with E-state index >= 15 is 0 Å². The molecule has 0 aliphatic heterocycles. The summed E-state index contributed by atoms with van der Waals surface area (Å²) in [5, 5.41) is 8.20. The first kappa shape index (κ1) is 25.0. The van der Waals surface area contributed by atoms with Crippen LogP contribution in [0.25, 0.3) is 0 Å². The van der Waals surface area contributed by atoms with Gasteiger partial charge in [0.15, 0.2) is 0 Å². The number of anilines is 4. The lowest BCUT2D eigenvalue weighted by molar-refractivity contribution is -0.117. The first-order valence-corrected chi connectivity index (χ1v) is 12.8. The number of carbonyl (C=O) groups excluding carboxylic acids is 1. The maximum absolute atomic E-state index is 12.5. The molecule has 0 radical (unpaired) electrons. The average molecular weight is 502 g/mol. The van der Waals surface area contributed by atoms with Crippen molar-refractivity contribution in [2.45, 2.75) is 24.7 Å². The quantitative estimate of drug-likeness (QED) is 0.351. The molecule has 0 atom stereocenters. The lowest BCUT2D eigenvalue weighted by atomic mass is 10.0. The van der Waals surface area contributed by atoms with E-state index in [-0.39, 0.29) is 10.7 Å². The molecule has 0 fully saturated rings. The number of hydrogen-bond donors (Lipinski definition) is 2. The highest BCUT2D eigenvalue weighted by Gasteiger charge is 2.11. The van der Waals surface area contributed by atoms with Gasteiger partial charge in [0.2, 0.25) is 16.0 Å². The summed E-state index contributed by atoms with van der Waals surface area (Å²) in [5.74, 6) is 1.20. The van der Waals surface area contributed by atoms with Crippen LogP contribution in [0, 0.1) is 6.92 Å². The molecule has 8 nitrogen and oxygen atoms in total. The summed E-state index contributed by atoms with van der Waals surface area (Å²) in [6.45, 7) is 2.03. The van der Waals surface area contributed by atoms with E-state index in [1.165, 1.54) is 17.7 Å². The van der Waals surface area contributed by atoms with Crippen molar-refractivity contribution in [3.63, 3.8) is 0 Å². The molecular weight excluding hydrogens is 474 g/mol. The van der Waals surface area contributed by atoms with Crippen LogP contribution in [0.1, 0.15) is 16.7 Å². The van der Waals surface area contributed by atoms with Crippen molar-refractivity contribution in [3.8, 4) is 0 Å². The summed E-state index contributed by atoms with van der Waals surface area (Å²) in [7, 11) is -1.86. The van der Waals surface area contributed by atoms with E-state index in [2.05, 4.69) is 15.3 Å². The number of benzene rings is 3. The maximum Gasteiger partial charge on any atom is 0.238 e. The largest absolute Gasteiger partial charge is 0.329 e. The normalized spacial score (nSPS) is 11.2. The van der Waals surface area contributed by atoms with Crippen LogP contribution in [0.5, 0.6) is 0 Å². The minimum Gasteiger partial charge on any atom is -0.329 e. The summed E-state index contributed by atoms with van der Waals surface area (Å²) in [4.78, 5) is 23.2. The zero-order valence-corrected chi connectivity index (χ0v) is 20.9. The molecular formula is C27H27N5O3S. The van der Waals surface area contributed by atoms with Crippen LogP contribution in [0.4, 0.5) is 23.1 Å². The van der Waals surface area contributed by atoms with Gasteiger partial charge in [-0.3, -0.25) is 4.79 Å². The standard InChI is InChI=1S/C27H27N5O3S/c1-19-3-5-20(6-4-19)17-24(33)18-21-7-11-23(12-8-21)32(2)26-15-16-29-27(31-26)30-22-9-13-25(14-10-22)36(28,34)35/h3-16H,17-18H2,1-2H3,(H2,28,34,35)(H,29,30,31). The Morgan fingerprint density at radius 2 is 1.47 bits per heavy atom. The number of sulfonamides is 1. The smallest absolute Gasteiger partial charge is 0.238 e. The van der Waals surface area contributed by atoms with Crippen molar-refractivity contribution < 1.29 is 13.2 Å². The second kappa shape index (κ2) is 10.7. The minimum absolute atomic E-state index is 0.0303.